The van der Waals surface area contributed by atoms with Crippen molar-refractivity contribution in [3.8, 4) is 0 Å². The van der Waals surface area contributed by atoms with Crippen LogP contribution >= 0.6 is 7.82 Å². The first-order valence-corrected chi connectivity index (χ1v) is 22.6. The Bertz CT molecular complexity index is 1070. The van der Waals surface area contributed by atoms with Gasteiger partial charge in [-0.1, -0.05) is 158 Å². The van der Waals surface area contributed by atoms with Gasteiger partial charge in [-0.3, -0.25) is 13.8 Å². The zero-order valence-electron chi connectivity index (χ0n) is 35.1. The maximum atomic E-state index is 12.7. The molecule has 2 N–H and O–H groups in total. The molecule has 0 aliphatic heterocycles. The van der Waals surface area contributed by atoms with Crippen LogP contribution in [0.5, 0.6) is 0 Å². The quantitative estimate of drug-likeness (QED) is 0.0159. The highest BCUT2D eigenvalue weighted by Gasteiger charge is 2.26. The molecule has 0 bridgehead atoms. The van der Waals surface area contributed by atoms with Crippen molar-refractivity contribution in [2.24, 2.45) is 0 Å². The minimum atomic E-state index is -4.30. The minimum Gasteiger partial charge on any atom is -0.457 e. The normalized spacial score (nSPS) is 15.0. The number of ether oxygens (including phenoxy) is 2. The molecule has 0 spiro atoms. The van der Waals surface area contributed by atoms with Gasteiger partial charge in [0.1, 0.15) is 19.3 Å². The van der Waals surface area contributed by atoms with Gasteiger partial charge in [-0.25, -0.2) is 4.57 Å². The Morgan fingerprint density at radius 3 is 1.91 bits per heavy atom. The summed E-state index contributed by atoms with van der Waals surface area (Å²) in [5.74, 6) is -0.397. The summed E-state index contributed by atoms with van der Waals surface area (Å²) in [4.78, 5) is 22.8. The fraction of sp³-hybridized carbons (Fsp3) is 0.750. The van der Waals surface area contributed by atoms with Gasteiger partial charge in [0.05, 0.1) is 40.5 Å². The number of unbranched alkanes of at least 4 members (excludes halogenated alkanes) is 14. The number of rotatable bonds is 38. The number of nitrogens with zero attached hydrogens (tertiary/aromatic N) is 1. The number of phosphoric acid groups is 1. The fourth-order valence-corrected chi connectivity index (χ4v) is 6.12. The number of carbonyl (C=O) groups is 1. The standard InChI is InChI=1S/C44H80NO8P/c1-6-8-10-12-14-15-16-17-18-19-22-25-29-33-38-50-40-43(41-52-54(48,49)51-39-37-45(3,4)5)53-44(47)36-32-28-24-21-20-23-27-31-35-42(46)34-30-26-13-11-9-7-2/h9,11,21,23-24,26-27,30-31,35,42-43,46H,6-8,10,12-20,22,25,28-29,32-34,36-41H2,1-5H3/p+1/b11-9-,24-21-,27-23-,30-26-,35-31+. The van der Waals surface area contributed by atoms with Gasteiger partial charge in [0.15, 0.2) is 0 Å². The van der Waals surface area contributed by atoms with E-state index in [1.165, 1.54) is 77.0 Å². The van der Waals surface area contributed by atoms with Crippen molar-refractivity contribution in [1.82, 2.24) is 0 Å². The molecule has 0 saturated carbocycles. The second-order valence-electron chi connectivity index (χ2n) is 15.2. The number of quaternary nitrogens is 1. The summed E-state index contributed by atoms with van der Waals surface area (Å²) in [7, 11) is 1.59. The largest absolute Gasteiger partial charge is 0.472 e. The van der Waals surface area contributed by atoms with E-state index in [2.05, 4.69) is 32.1 Å². The van der Waals surface area contributed by atoms with Gasteiger partial charge in [-0.05, 0) is 44.9 Å². The maximum Gasteiger partial charge on any atom is 0.472 e. The van der Waals surface area contributed by atoms with E-state index in [-0.39, 0.29) is 26.2 Å². The van der Waals surface area contributed by atoms with E-state index in [0.717, 1.165) is 38.5 Å². The molecule has 3 atom stereocenters. The minimum absolute atomic E-state index is 0.0654. The summed E-state index contributed by atoms with van der Waals surface area (Å²) >= 11 is 0. The molecule has 0 radical (unpaired) electrons. The van der Waals surface area contributed by atoms with Gasteiger partial charge >= 0.3 is 13.8 Å². The summed E-state index contributed by atoms with van der Waals surface area (Å²) in [5.41, 5.74) is 0. The molecule has 0 aromatic heterocycles. The SMILES string of the molecule is CC/C=C\C/C=C\CC(O)/C=C/C=C\C/C=C\CCCC(=O)OC(COCCCCCCCCCCCCCCCC)COP(=O)(O)OCC[N+](C)(C)C. The highest BCUT2D eigenvalue weighted by Crippen LogP contribution is 2.43. The molecule has 9 nitrogen and oxygen atoms in total. The summed E-state index contributed by atoms with van der Waals surface area (Å²) in [6.45, 7) is 5.32. The van der Waals surface area contributed by atoms with Crippen LogP contribution in [0.2, 0.25) is 0 Å². The molecule has 0 aliphatic rings. The molecule has 54 heavy (non-hydrogen) atoms. The smallest absolute Gasteiger partial charge is 0.457 e. The van der Waals surface area contributed by atoms with Crippen LogP contribution in [0.3, 0.4) is 0 Å². The van der Waals surface area contributed by atoms with Crippen molar-refractivity contribution in [3.05, 3.63) is 60.8 Å². The lowest BCUT2D eigenvalue weighted by Gasteiger charge is -2.24. The third-order valence-electron chi connectivity index (χ3n) is 8.67. The number of aliphatic hydroxyl groups excluding tert-OH is 1. The third kappa shape index (κ3) is 39.8. The molecule has 3 unspecified atom stereocenters. The summed E-state index contributed by atoms with van der Waals surface area (Å²) in [6, 6.07) is 0. The maximum absolute atomic E-state index is 12.7. The molecule has 0 heterocycles. The molecule has 10 heteroatoms. The first kappa shape index (κ1) is 52.2. The van der Waals surface area contributed by atoms with E-state index in [4.69, 9.17) is 18.5 Å². The second kappa shape index (κ2) is 36.8. The van der Waals surface area contributed by atoms with Gasteiger partial charge < -0.3 is 24.0 Å². The van der Waals surface area contributed by atoms with Crippen molar-refractivity contribution in [1.29, 1.82) is 0 Å². The van der Waals surface area contributed by atoms with Gasteiger partial charge in [-0.2, -0.15) is 0 Å². The Hall–Kier alpha value is -1.84. The predicted octanol–water partition coefficient (Wildman–Crippen LogP) is 11.1. The molecule has 0 fully saturated rings. The van der Waals surface area contributed by atoms with Crippen LogP contribution in [0, 0.1) is 0 Å². The lowest BCUT2D eigenvalue weighted by Crippen LogP contribution is -2.37. The lowest BCUT2D eigenvalue weighted by molar-refractivity contribution is -0.870. The van der Waals surface area contributed by atoms with Crippen molar-refractivity contribution in [2.45, 2.75) is 161 Å². The van der Waals surface area contributed by atoms with E-state index in [1.54, 1.807) is 6.08 Å². The average molecular weight is 783 g/mol. The molecular formula is C44H81NO8P+. The zero-order chi connectivity index (χ0) is 40.0. The zero-order valence-corrected chi connectivity index (χ0v) is 35.9. The summed E-state index contributed by atoms with van der Waals surface area (Å²) in [6.07, 6.45) is 41.4. The van der Waals surface area contributed by atoms with E-state index in [9.17, 15) is 19.4 Å². The van der Waals surface area contributed by atoms with E-state index < -0.39 is 26.0 Å². The Kier molecular flexibility index (Phi) is 35.5. The van der Waals surface area contributed by atoms with Gasteiger partial charge in [0, 0.05) is 13.0 Å². The van der Waals surface area contributed by atoms with Gasteiger partial charge in [0.25, 0.3) is 0 Å². The van der Waals surface area contributed by atoms with Crippen LogP contribution in [0.25, 0.3) is 0 Å². The van der Waals surface area contributed by atoms with Crippen LogP contribution in [0.4, 0.5) is 0 Å². The van der Waals surface area contributed by atoms with Gasteiger partial charge in [0.2, 0.25) is 0 Å². The molecule has 0 rings (SSSR count). The molecule has 0 amide bonds. The van der Waals surface area contributed by atoms with E-state index in [0.29, 0.717) is 30.5 Å². The number of hydrogen-bond donors (Lipinski definition) is 2. The highest BCUT2D eigenvalue weighted by atomic mass is 31.2. The van der Waals surface area contributed by atoms with Crippen LogP contribution in [0.1, 0.15) is 149 Å². The van der Waals surface area contributed by atoms with Crippen molar-refractivity contribution < 1.29 is 42.4 Å². The van der Waals surface area contributed by atoms with Crippen molar-refractivity contribution >= 4 is 13.8 Å². The number of aliphatic hydroxyl groups is 1. The molecule has 314 valence electrons. The summed E-state index contributed by atoms with van der Waals surface area (Å²) < 4.78 is 34.8. The number of esters is 1. The van der Waals surface area contributed by atoms with E-state index >= 15 is 0 Å². The Morgan fingerprint density at radius 2 is 1.28 bits per heavy atom. The Balaban J connectivity index is 4.44. The Labute approximate surface area is 331 Å². The first-order valence-electron chi connectivity index (χ1n) is 21.1. The molecule has 0 aliphatic carbocycles. The third-order valence-corrected chi connectivity index (χ3v) is 9.66. The van der Waals surface area contributed by atoms with Crippen molar-refractivity contribution in [3.63, 3.8) is 0 Å². The molecule has 0 aromatic rings. The Morgan fingerprint density at radius 1 is 0.685 bits per heavy atom. The average Bonchev–Trinajstić information content (AvgIpc) is 3.11. The van der Waals surface area contributed by atoms with Crippen molar-refractivity contribution in [2.75, 3.05) is 54.1 Å². The molecule has 0 saturated heterocycles. The van der Waals surface area contributed by atoms with Crippen LogP contribution in [0.15, 0.2) is 60.8 Å². The number of allylic oxidation sites excluding steroid dienone is 8. The summed E-state index contributed by atoms with van der Waals surface area (Å²) in [5, 5.41) is 10.0. The van der Waals surface area contributed by atoms with Crippen LogP contribution < -0.4 is 0 Å². The topological polar surface area (TPSA) is 112 Å². The highest BCUT2D eigenvalue weighted by molar-refractivity contribution is 7.47. The van der Waals surface area contributed by atoms with Crippen LogP contribution in [-0.2, 0) is 27.9 Å². The molecule has 0 aromatic carbocycles. The monoisotopic (exact) mass is 783 g/mol. The number of phosphoric ester groups is 1. The lowest BCUT2D eigenvalue weighted by atomic mass is 10.0. The van der Waals surface area contributed by atoms with E-state index in [1.807, 2.05) is 57.6 Å². The fourth-order valence-electron chi connectivity index (χ4n) is 5.38. The number of likely N-dealkylation sites (N-methyl/N-ethyl adjacent to an activating group) is 1. The number of carbonyl (C=O) groups excluding carboxylic acids is 1. The number of hydrogen-bond acceptors (Lipinski definition) is 7. The predicted molar refractivity (Wildman–Crippen MR) is 225 cm³/mol. The first-order chi connectivity index (χ1) is 26.0. The van der Waals surface area contributed by atoms with Crippen LogP contribution in [-0.4, -0.2) is 86.8 Å². The molecular weight excluding hydrogens is 701 g/mol. The second-order valence-corrected chi connectivity index (χ2v) is 16.7. The van der Waals surface area contributed by atoms with Gasteiger partial charge in [-0.15, -0.1) is 0 Å².